The van der Waals surface area contributed by atoms with Crippen molar-refractivity contribution in [1.82, 2.24) is 10.6 Å². The van der Waals surface area contributed by atoms with Gasteiger partial charge in [-0.2, -0.15) is 11.8 Å². The molecule has 2 rings (SSSR count). The van der Waals surface area contributed by atoms with Crippen LogP contribution in [0.2, 0.25) is 0 Å². The van der Waals surface area contributed by atoms with Crippen LogP contribution < -0.4 is 10.6 Å². The van der Waals surface area contributed by atoms with Gasteiger partial charge in [0, 0.05) is 36.7 Å². The molecule has 0 aromatic heterocycles. The van der Waals surface area contributed by atoms with E-state index in [9.17, 15) is 0 Å². The second-order valence-electron chi connectivity index (χ2n) is 3.07. The molecule has 2 N–H and O–H groups in total. The Balaban J connectivity index is 1.91. The van der Waals surface area contributed by atoms with E-state index in [4.69, 9.17) is 0 Å². The Bertz CT molecular complexity index is 106. The van der Waals surface area contributed by atoms with Gasteiger partial charge in [0.1, 0.15) is 0 Å². The summed E-state index contributed by atoms with van der Waals surface area (Å²) in [4.78, 5) is 0. The van der Waals surface area contributed by atoms with Gasteiger partial charge in [-0.1, -0.05) is 0 Å². The number of rotatable bonds is 0. The highest BCUT2D eigenvalue weighted by atomic mass is 32.2. The largest absolute Gasteiger partial charge is 0.312 e. The zero-order valence-corrected chi connectivity index (χ0v) is 6.91. The van der Waals surface area contributed by atoms with E-state index < -0.39 is 0 Å². The van der Waals surface area contributed by atoms with Gasteiger partial charge in [-0.05, 0) is 6.42 Å². The molecule has 2 aliphatic heterocycles. The summed E-state index contributed by atoms with van der Waals surface area (Å²) in [6.07, 6.45) is 1.34. The van der Waals surface area contributed by atoms with Crippen molar-refractivity contribution < 1.29 is 0 Å². The highest BCUT2D eigenvalue weighted by Crippen LogP contribution is 2.14. The number of fused-ring (bicyclic) bond motifs is 2. The van der Waals surface area contributed by atoms with Gasteiger partial charge in [-0.25, -0.2) is 0 Å². The van der Waals surface area contributed by atoms with Gasteiger partial charge in [0.05, 0.1) is 0 Å². The summed E-state index contributed by atoms with van der Waals surface area (Å²) in [5.41, 5.74) is 0. The molecule has 58 valence electrons. The van der Waals surface area contributed by atoms with E-state index in [2.05, 4.69) is 22.4 Å². The Morgan fingerprint density at radius 3 is 3.20 bits per heavy atom. The summed E-state index contributed by atoms with van der Waals surface area (Å²) in [5.74, 6) is 2.60. The molecule has 0 aromatic carbocycles. The lowest BCUT2D eigenvalue weighted by Gasteiger charge is -2.15. The summed E-state index contributed by atoms with van der Waals surface area (Å²) >= 11 is 2.06. The minimum Gasteiger partial charge on any atom is -0.312 e. The molecule has 2 saturated heterocycles. The average Bonchev–Trinajstić information content (AvgIpc) is 2.30. The fraction of sp³-hybridized carbons (Fsp3) is 1.00. The predicted octanol–water partition coefficient (Wildman–Crippen LogP) is 0.0533. The molecule has 0 aromatic rings. The molecule has 2 heterocycles. The van der Waals surface area contributed by atoms with Crippen molar-refractivity contribution in [2.75, 3.05) is 24.6 Å². The molecule has 2 bridgehead atoms. The van der Waals surface area contributed by atoms with Gasteiger partial charge in [0.15, 0.2) is 0 Å². The lowest BCUT2D eigenvalue weighted by molar-refractivity contribution is 0.555. The van der Waals surface area contributed by atoms with Crippen LogP contribution in [0.1, 0.15) is 6.42 Å². The Morgan fingerprint density at radius 1 is 1.20 bits per heavy atom. The quantitative estimate of drug-likeness (QED) is 0.521. The van der Waals surface area contributed by atoms with E-state index in [1.54, 1.807) is 0 Å². The van der Waals surface area contributed by atoms with Crippen molar-refractivity contribution in [1.29, 1.82) is 0 Å². The highest BCUT2D eigenvalue weighted by molar-refractivity contribution is 7.99. The molecule has 2 aliphatic rings. The smallest absolute Gasteiger partial charge is 0.0208 e. The fourth-order valence-electron chi connectivity index (χ4n) is 1.66. The third-order valence-electron chi connectivity index (χ3n) is 2.22. The number of hydrogen-bond donors (Lipinski definition) is 2. The molecule has 0 aliphatic carbocycles. The number of thioether (sulfide) groups is 1. The number of hydrogen-bond acceptors (Lipinski definition) is 3. The Hall–Kier alpha value is 0.270. The summed E-state index contributed by atoms with van der Waals surface area (Å²) in [6.45, 7) is 2.38. The van der Waals surface area contributed by atoms with E-state index in [-0.39, 0.29) is 0 Å². The summed E-state index contributed by atoms with van der Waals surface area (Å²) in [6, 6.07) is 1.56. The summed E-state index contributed by atoms with van der Waals surface area (Å²) in [7, 11) is 0. The molecule has 2 fully saturated rings. The van der Waals surface area contributed by atoms with Gasteiger partial charge in [0.2, 0.25) is 0 Å². The van der Waals surface area contributed by atoms with Crippen LogP contribution in [0.4, 0.5) is 0 Å². The minimum absolute atomic E-state index is 0.769. The molecule has 3 heteroatoms. The lowest BCUT2D eigenvalue weighted by atomic mass is 10.2. The molecule has 10 heavy (non-hydrogen) atoms. The first-order valence-electron chi connectivity index (χ1n) is 3.99. The molecule has 2 unspecified atom stereocenters. The molecule has 0 amide bonds. The second kappa shape index (κ2) is 3.11. The standard InChI is InChI=1S/C7H14N2S/c1-2-10-5-7-3-6(8-1)4-9-7/h6-9H,1-5H2. The zero-order chi connectivity index (χ0) is 6.81. The monoisotopic (exact) mass is 158 g/mol. The van der Waals surface area contributed by atoms with Crippen LogP contribution in [0.5, 0.6) is 0 Å². The van der Waals surface area contributed by atoms with Crippen LogP contribution >= 0.6 is 11.8 Å². The summed E-state index contributed by atoms with van der Waals surface area (Å²) in [5, 5.41) is 7.04. The van der Waals surface area contributed by atoms with Crippen molar-refractivity contribution in [2.45, 2.75) is 18.5 Å². The van der Waals surface area contributed by atoms with Crippen molar-refractivity contribution in [3.05, 3.63) is 0 Å². The van der Waals surface area contributed by atoms with Crippen molar-refractivity contribution >= 4 is 11.8 Å². The van der Waals surface area contributed by atoms with Crippen LogP contribution in [0.3, 0.4) is 0 Å². The van der Waals surface area contributed by atoms with Crippen LogP contribution in [-0.4, -0.2) is 36.7 Å². The van der Waals surface area contributed by atoms with Gasteiger partial charge < -0.3 is 10.6 Å². The number of nitrogens with one attached hydrogen (secondary N) is 2. The lowest BCUT2D eigenvalue weighted by Crippen LogP contribution is -2.32. The van der Waals surface area contributed by atoms with Gasteiger partial charge >= 0.3 is 0 Å². The van der Waals surface area contributed by atoms with Crippen molar-refractivity contribution in [3.63, 3.8) is 0 Å². The first-order chi connectivity index (χ1) is 4.95. The third-order valence-corrected chi connectivity index (χ3v) is 3.35. The first-order valence-corrected chi connectivity index (χ1v) is 5.15. The maximum Gasteiger partial charge on any atom is 0.0208 e. The molecule has 0 radical (unpaired) electrons. The minimum atomic E-state index is 0.769. The van der Waals surface area contributed by atoms with Crippen LogP contribution in [0, 0.1) is 0 Å². The third kappa shape index (κ3) is 1.47. The fourth-order valence-corrected chi connectivity index (χ4v) is 2.63. The van der Waals surface area contributed by atoms with Crippen LogP contribution in [-0.2, 0) is 0 Å². The van der Waals surface area contributed by atoms with Gasteiger partial charge in [-0.15, -0.1) is 0 Å². The molecule has 2 nitrogen and oxygen atoms in total. The van der Waals surface area contributed by atoms with E-state index in [0.29, 0.717) is 0 Å². The normalized spacial score (nSPS) is 40.8. The Kier molecular flexibility index (Phi) is 2.16. The molecular weight excluding hydrogens is 144 g/mol. The molecule has 0 spiro atoms. The molecule has 2 atom stereocenters. The highest BCUT2D eigenvalue weighted by Gasteiger charge is 2.24. The second-order valence-corrected chi connectivity index (χ2v) is 4.22. The van der Waals surface area contributed by atoms with Crippen LogP contribution in [0.25, 0.3) is 0 Å². The molecule has 0 saturated carbocycles. The van der Waals surface area contributed by atoms with E-state index in [1.165, 1.54) is 31.0 Å². The topological polar surface area (TPSA) is 24.1 Å². The predicted molar refractivity (Wildman–Crippen MR) is 45.5 cm³/mol. The van der Waals surface area contributed by atoms with E-state index in [1.807, 2.05) is 0 Å². The first kappa shape index (κ1) is 6.95. The van der Waals surface area contributed by atoms with Crippen molar-refractivity contribution in [2.24, 2.45) is 0 Å². The average molecular weight is 158 g/mol. The zero-order valence-electron chi connectivity index (χ0n) is 6.10. The maximum absolute atomic E-state index is 3.53. The van der Waals surface area contributed by atoms with E-state index in [0.717, 1.165) is 12.1 Å². The van der Waals surface area contributed by atoms with E-state index >= 15 is 0 Å². The Morgan fingerprint density at radius 2 is 2.20 bits per heavy atom. The summed E-state index contributed by atoms with van der Waals surface area (Å²) < 4.78 is 0. The van der Waals surface area contributed by atoms with Crippen molar-refractivity contribution in [3.8, 4) is 0 Å². The Labute approximate surface area is 66.1 Å². The van der Waals surface area contributed by atoms with Crippen LogP contribution in [0.15, 0.2) is 0 Å². The maximum atomic E-state index is 3.53. The van der Waals surface area contributed by atoms with Gasteiger partial charge in [0.25, 0.3) is 0 Å². The van der Waals surface area contributed by atoms with Gasteiger partial charge in [-0.3, -0.25) is 0 Å². The molecular formula is C7H14N2S. The SMILES string of the molecule is C1CSCC2CC(CN2)N1.